The molecule has 0 saturated carbocycles. The molecule has 0 aliphatic heterocycles. The molecule has 1 amide bonds. The Balaban J connectivity index is 2.36. The second-order valence-electron chi connectivity index (χ2n) is 5.29. The summed E-state index contributed by atoms with van der Waals surface area (Å²) in [7, 11) is 1.34. The molecule has 2 rings (SSSR count). The standard InChI is InChI=1S/C16H21ClN2O3S/c1-4-6-18(7-5-2)15(20)10-19-11-9-14(17)23-13(11)8-12(19)16(21)22-3/h8-9H,4-7,10H2,1-3H3. The second-order valence-corrected chi connectivity index (χ2v) is 7.00. The molecule has 0 aliphatic rings. The van der Waals surface area contributed by atoms with Crippen molar-refractivity contribution in [3.8, 4) is 0 Å². The van der Waals surface area contributed by atoms with E-state index in [0.29, 0.717) is 10.0 Å². The number of amides is 1. The largest absolute Gasteiger partial charge is 0.464 e. The monoisotopic (exact) mass is 356 g/mol. The first-order chi connectivity index (χ1) is 11.0. The molecule has 0 saturated heterocycles. The van der Waals surface area contributed by atoms with Gasteiger partial charge >= 0.3 is 5.97 Å². The highest BCUT2D eigenvalue weighted by Gasteiger charge is 2.21. The molecule has 0 aliphatic carbocycles. The van der Waals surface area contributed by atoms with Crippen LogP contribution in [0.3, 0.4) is 0 Å². The smallest absolute Gasteiger partial charge is 0.354 e. The summed E-state index contributed by atoms with van der Waals surface area (Å²) in [5.74, 6) is -0.450. The molecule has 0 unspecified atom stereocenters. The van der Waals surface area contributed by atoms with Crippen molar-refractivity contribution in [2.24, 2.45) is 0 Å². The Morgan fingerprint density at radius 3 is 2.48 bits per heavy atom. The Bertz CT molecular complexity index is 702. The Morgan fingerprint density at radius 2 is 1.91 bits per heavy atom. The molecule has 2 aromatic heterocycles. The average Bonchev–Trinajstić information content (AvgIpc) is 3.03. The highest BCUT2D eigenvalue weighted by molar-refractivity contribution is 7.22. The molecule has 0 aromatic carbocycles. The number of thiophene rings is 1. The predicted molar refractivity (Wildman–Crippen MR) is 93.3 cm³/mol. The van der Waals surface area contributed by atoms with Gasteiger partial charge < -0.3 is 14.2 Å². The number of fused-ring (bicyclic) bond motifs is 1. The van der Waals surface area contributed by atoms with Crippen molar-refractivity contribution in [1.29, 1.82) is 0 Å². The quantitative estimate of drug-likeness (QED) is 0.709. The molecule has 5 nitrogen and oxygen atoms in total. The fourth-order valence-corrected chi connectivity index (χ4v) is 3.77. The highest BCUT2D eigenvalue weighted by atomic mass is 35.5. The Labute approximate surface area is 144 Å². The topological polar surface area (TPSA) is 51.5 Å². The molecule has 126 valence electrons. The van der Waals surface area contributed by atoms with Crippen molar-refractivity contribution in [2.45, 2.75) is 33.2 Å². The van der Waals surface area contributed by atoms with Crippen molar-refractivity contribution < 1.29 is 14.3 Å². The number of nitrogens with zero attached hydrogens (tertiary/aromatic N) is 2. The molecule has 0 fully saturated rings. The number of aromatic nitrogens is 1. The van der Waals surface area contributed by atoms with E-state index >= 15 is 0 Å². The minimum atomic E-state index is -0.449. The molecule has 7 heteroatoms. The number of halogens is 1. The summed E-state index contributed by atoms with van der Waals surface area (Å²) in [6.07, 6.45) is 1.81. The zero-order valence-electron chi connectivity index (χ0n) is 13.6. The van der Waals surface area contributed by atoms with Gasteiger partial charge in [-0.15, -0.1) is 11.3 Å². The summed E-state index contributed by atoms with van der Waals surface area (Å²) in [6.45, 7) is 5.63. The Hall–Kier alpha value is -1.53. The van der Waals surface area contributed by atoms with Gasteiger partial charge in [-0.2, -0.15) is 0 Å². The summed E-state index contributed by atoms with van der Waals surface area (Å²) < 4.78 is 8.04. The van der Waals surface area contributed by atoms with Crippen molar-refractivity contribution >= 4 is 45.0 Å². The van der Waals surface area contributed by atoms with Crippen LogP contribution in [0.4, 0.5) is 0 Å². The first kappa shape index (κ1) is 17.8. The zero-order chi connectivity index (χ0) is 17.0. The third kappa shape index (κ3) is 3.87. The maximum Gasteiger partial charge on any atom is 0.354 e. The predicted octanol–water partition coefficient (Wildman–Crippen LogP) is 3.79. The van der Waals surface area contributed by atoms with Gasteiger partial charge in [-0.3, -0.25) is 4.79 Å². The van der Waals surface area contributed by atoms with Crippen LogP contribution in [0.1, 0.15) is 37.2 Å². The lowest BCUT2D eigenvalue weighted by atomic mass is 10.3. The molecule has 0 radical (unpaired) electrons. The van der Waals surface area contributed by atoms with Gasteiger partial charge in [-0.05, 0) is 25.0 Å². The third-order valence-corrected chi connectivity index (χ3v) is 4.79. The molecular formula is C16H21ClN2O3S. The van der Waals surface area contributed by atoms with Crippen LogP contribution in [0.2, 0.25) is 4.34 Å². The van der Waals surface area contributed by atoms with Crippen LogP contribution in [0.25, 0.3) is 10.2 Å². The summed E-state index contributed by atoms with van der Waals surface area (Å²) >= 11 is 7.44. The van der Waals surface area contributed by atoms with Crippen molar-refractivity contribution in [2.75, 3.05) is 20.2 Å². The van der Waals surface area contributed by atoms with Crippen LogP contribution < -0.4 is 0 Å². The van der Waals surface area contributed by atoms with E-state index in [1.165, 1.54) is 18.4 Å². The normalized spacial score (nSPS) is 11.0. The van der Waals surface area contributed by atoms with E-state index in [2.05, 4.69) is 0 Å². The van der Waals surface area contributed by atoms with E-state index in [1.807, 2.05) is 18.7 Å². The molecule has 0 spiro atoms. The lowest BCUT2D eigenvalue weighted by Gasteiger charge is -2.22. The van der Waals surface area contributed by atoms with Crippen molar-refractivity contribution in [1.82, 2.24) is 9.47 Å². The van der Waals surface area contributed by atoms with Crippen LogP contribution in [0.15, 0.2) is 12.1 Å². The lowest BCUT2D eigenvalue weighted by molar-refractivity contribution is -0.131. The number of methoxy groups -OCH3 is 1. The Morgan fingerprint density at radius 1 is 1.26 bits per heavy atom. The number of hydrogen-bond donors (Lipinski definition) is 0. The summed E-state index contributed by atoms with van der Waals surface area (Å²) in [5.41, 5.74) is 1.17. The SMILES string of the molecule is CCCN(CCC)C(=O)Cn1c(C(=O)OC)cc2sc(Cl)cc21. The van der Waals surface area contributed by atoms with Gasteiger partial charge in [0.05, 0.1) is 21.7 Å². The lowest BCUT2D eigenvalue weighted by Crippen LogP contribution is -2.35. The molecule has 0 atom stereocenters. The Kier molecular flexibility index (Phi) is 6.07. The fourth-order valence-electron chi connectivity index (χ4n) is 2.59. The number of esters is 1. The van der Waals surface area contributed by atoms with Crippen LogP contribution in [-0.4, -0.2) is 41.5 Å². The zero-order valence-corrected chi connectivity index (χ0v) is 15.2. The fraction of sp³-hybridized carbons (Fsp3) is 0.500. The molecule has 0 N–H and O–H groups in total. The van der Waals surface area contributed by atoms with Gasteiger partial charge in [0.1, 0.15) is 12.2 Å². The van der Waals surface area contributed by atoms with Crippen LogP contribution >= 0.6 is 22.9 Å². The first-order valence-electron chi connectivity index (χ1n) is 7.66. The molecular weight excluding hydrogens is 336 g/mol. The summed E-state index contributed by atoms with van der Waals surface area (Å²) in [4.78, 5) is 26.5. The minimum Gasteiger partial charge on any atom is -0.464 e. The van der Waals surface area contributed by atoms with Gasteiger partial charge in [-0.25, -0.2) is 4.79 Å². The van der Waals surface area contributed by atoms with E-state index in [0.717, 1.165) is 36.1 Å². The number of ether oxygens (including phenoxy) is 1. The molecule has 2 heterocycles. The van der Waals surface area contributed by atoms with Crippen LogP contribution in [0.5, 0.6) is 0 Å². The number of carbonyl (C=O) groups excluding carboxylic acids is 2. The maximum absolute atomic E-state index is 12.6. The van der Waals surface area contributed by atoms with Crippen molar-refractivity contribution in [3.05, 3.63) is 22.2 Å². The maximum atomic E-state index is 12.6. The van der Waals surface area contributed by atoms with Gasteiger partial charge in [-0.1, -0.05) is 25.4 Å². The van der Waals surface area contributed by atoms with Crippen molar-refractivity contribution in [3.63, 3.8) is 0 Å². The molecule has 0 bridgehead atoms. The van der Waals surface area contributed by atoms with Gasteiger partial charge in [0.25, 0.3) is 0 Å². The minimum absolute atomic E-state index is 0.00123. The van der Waals surface area contributed by atoms with E-state index in [9.17, 15) is 9.59 Å². The molecule has 23 heavy (non-hydrogen) atoms. The van der Waals surface area contributed by atoms with Gasteiger partial charge in [0.2, 0.25) is 5.91 Å². The number of carbonyl (C=O) groups is 2. The first-order valence-corrected chi connectivity index (χ1v) is 8.85. The third-order valence-electron chi connectivity index (χ3n) is 3.59. The van der Waals surface area contributed by atoms with Gasteiger partial charge in [0, 0.05) is 13.1 Å². The van der Waals surface area contributed by atoms with Crippen LogP contribution in [0, 0.1) is 0 Å². The van der Waals surface area contributed by atoms with Gasteiger partial charge in [0.15, 0.2) is 0 Å². The van der Waals surface area contributed by atoms with Crippen LogP contribution in [-0.2, 0) is 16.1 Å². The summed E-state index contributed by atoms with van der Waals surface area (Å²) in [6, 6.07) is 3.51. The van der Waals surface area contributed by atoms with E-state index in [-0.39, 0.29) is 12.5 Å². The highest BCUT2D eigenvalue weighted by Crippen LogP contribution is 2.32. The van der Waals surface area contributed by atoms with E-state index < -0.39 is 5.97 Å². The molecule has 2 aromatic rings. The average molecular weight is 357 g/mol. The number of hydrogen-bond acceptors (Lipinski definition) is 4. The second kappa shape index (κ2) is 7.84. The van der Waals surface area contributed by atoms with E-state index in [4.69, 9.17) is 16.3 Å². The van der Waals surface area contributed by atoms with E-state index in [1.54, 1.807) is 16.7 Å². The number of rotatable bonds is 7. The summed E-state index contributed by atoms with van der Waals surface area (Å²) in [5, 5.41) is 0.